The summed E-state index contributed by atoms with van der Waals surface area (Å²) in [6.45, 7) is 1.90. The van der Waals surface area contributed by atoms with Gasteiger partial charge in [-0.15, -0.1) is 0 Å². The van der Waals surface area contributed by atoms with Crippen LogP contribution in [0.15, 0.2) is 34.9 Å². The van der Waals surface area contributed by atoms with Gasteiger partial charge in [0.05, 0.1) is 0 Å². The highest BCUT2D eigenvalue weighted by Crippen LogP contribution is 2.29. The van der Waals surface area contributed by atoms with Crippen LogP contribution in [0.4, 0.5) is 14.6 Å². The lowest BCUT2D eigenvalue weighted by molar-refractivity contribution is 0.509. The smallest absolute Gasteiger partial charge is 0.159 e. The highest BCUT2D eigenvalue weighted by molar-refractivity contribution is 9.10. The van der Waals surface area contributed by atoms with E-state index in [1.54, 1.807) is 10.6 Å². The molecule has 1 aromatic carbocycles. The molecular weight excluding hydrogens is 328 g/mol. The third kappa shape index (κ3) is 1.96. The number of nitrogens with two attached hydrogens (primary N) is 1. The number of hydrogen-bond acceptors (Lipinski definition) is 2. The second-order valence-corrected chi connectivity index (χ2v) is 5.43. The van der Waals surface area contributed by atoms with E-state index in [1.165, 1.54) is 6.07 Å². The summed E-state index contributed by atoms with van der Waals surface area (Å²) in [5.74, 6) is -1.43. The lowest BCUT2D eigenvalue weighted by Gasteiger charge is -2.01. The van der Waals surface area contributed by atoms with Crippen molar-refractivity contribution in [3.05, 3.63) is 52.1 Å². The zero-order valence-corrected chi connectivity index (χ0v) is 12.1. The summed E-state index contributed by atoms with van der Waals surface area (Å²) in [7, 11) is 0. The molecule has 0 fully saturated rings. The molecule has 0 unspecified atom stereocenters. The maximum absolute atomic E-state index is 13.3. The SMILES string of the molecule is Cc1cc(Br)cn2c(N)c(-c3ccc(F)c(F)c3)nc12. The highest BCUT2D eigenvalue weighted by atomic mass is 79.9. The molecule has 0 aliphatic rings. The Morgan fingerprint density at radius 2 is 1.95 bits per heavy atom. The van der Waals surface area contributed by atoms with Gasteiger partial charge in [-0.25, -0.2) is 13.8 Å². The Balaban J connectivity index is 2.29. The normalized spacial score (nSPS) is 11.2. The molecule has 3 rings (SSSR count). The minimum Gasteiger partial charge on any atom is -0.383 e. The van der Waals surface area contributed by atoms with Gasteiger partial charge in [-0.3, -0.25) is 4.40 Å². The number of fused-ring (bicyclic) bond motifs is 1. The number of hydrogen-bond donors (Lipinski definition) is 1. The van der Waals surface area contributed by atoms with E-state index in [-0.39, 0.29) is 0 Å². The quantitative estimate of drug-likeness (QED) is 0.731. The Morgan fingerprint density at radius 1 is 1.20 bits per heavy atom. The van der Waals surface area contributed by atoms with E-state index in [2.05, 4.69) is 20.9 Å². The predicted octanol–water partition coefficient (Wildman–Crippen LogP) is 3.93. The summed E-state index contributed by atoms with van der Waals surface area (Å²) in [5, 5.41) is 0. The molecule has 0 bridgehead atoms. The van der Waals surface area contributed by atoms with E-state index >= 15 is 0 Å². The van der Waals surface area contributed by atoms with Crippen molar-refractivity contribution in [3.63, 3.8) is 0 Å². The second kappa shape index (κ2) is 4.56. The zero-order chi connectivity index (χ0) is 14.4. The van der Waals surface area contributed by atoms with Crippen LogP contribution in [-0.2, 0) is 0 Å². The lowest BCUT2D eigenvalue weighted by atomic mass is 10.1. The molecule has 0 aliphatic heterocycles. The number of aryl methyl sites for hydroxylation is 1. The monoisotopic (exact) mass is 337 g/mol. The van der Waals surface area contributed by atoms with Crippen molar-refractivity contribution in [2.24, 2.45) is 0 Å². The van der Waals surface area contributed by atoms with Crippen LogP contribution in [0.1, 0.15) is 5.56 Å². The van der Waals surface area contributed by atoms with Gasteiger partial charge in [0.25, 0.3) is 0 Å². The standard InChI is InChI=1S/C14H10BrF2N3/c1-7-4-9(15)6-20-13(18)12(19-14(7)20)8-2-3-10(16)11(17)5-8/h2-6H,18H2,1H3. The number of pyridine rings is 1. The van der Waals surface area contributed by atoms with Crippen molar-refractivity contribution in [2.45, 2.75) is 6.92 Å². The predicted molar refractivity (Wildman–Crippen MR) is 77.4 cm³/mol. The lowest BCUT2D eigenvalue weighted by Crippen LogP contribution is -1.95. The molecular formula is C14H10BrF2N3. The van der Waals surface area contributed by atoms with Gasteiger partial charge < -0.3 is 5.73 Å². The molecule has 6 heteroatoms. The number of nitrogens with zero attached hydrogens (tertiary/aromatic N) is 2. The van der Waals surface area contributed by atoms with Crippen LogP contribution in [0.3, 0.4) is 0 Å². The topological polar surface area (TPSA) is 43.3 Å². The molecule has 0 saturated carbocycles. The van der Waals surface area contributed by atoms with Crippen molar-refractivity contribution in [1.82, 2.24) is 9.38 Å². The zero-order valence-electron chi connectivity index (χ0n) is 10.5. The minimum absolute atomic E-state index is 0.385. The van der Waals surface area contributed by atoms with Crippen LogP contribution in [-0.4, -0.2) is 9.38 Å². The maximum Gasteiger partial charge on any atom is 0.159 e. The molecule has 102 valence electrons. The molecule has 0 aliphatic carbocycles. The van der Waals surface area contributed by atoms with Gasteiger partial charge in [-0.2, -0.15) is 0 Å². The van der Waals surface area contributed by atoms with Crippen molar-refractivity contribution >= 4 is 27.4 Å². The van der Waals surface area contributed by atoms with Crippen LogP contribution >= 0.6 is 15.9 Å². The molecule has 0 saturated heterocycles. The summed E-state index contributed by atoms with van der Waals surface area (Å²) in [5.41, 5.74) is 8.56. The Hall–Kier alpha value is -1.95. The highest BCUT2D eigenvalue weighted by Gasteiger charge is 2.15. The molecule has 2 aromatic heterocycles. The largest absolute Gasteiger partial charge is 0.383 e. The summed E-state index contributed by atoms with van der Waals surface area (Å²) in [4.78, 5) is 4.42. The van der Waals surface area contributed by atoms with E-state index < -0.39 is 11.6 Å². The minimum atomic E-state index is -0.920. The first-order valence-electron chi connectivity index (χ1n) is 5.86. The molecule has 2 heterocycles. The van der Waals surface area contributed by atoms with E-state index in [0.717, 1.165) is 22.2 Å². The first-order chi connectivity index (χ1) is 9.47. The molecule has 20 heavy (non-hydrogen) atoms. The number of anilines is 1. The number of halogens is 3. The fraction of sp³-hybridized carbons (Fsp3) is 0.0714. The van der Waals surface area contributed by atoms with Crippen LogP contribution in [0, 0.1) is 18.6 Å². The van der Waals surface area contributed by atoms with E-state index in [4.69, 9.17) is 5.73 Å². The van der Waals surface area contributed by atoms with Crippen LogP contribution in [0.2, 0.25) is 0 Å². The van der Waals surface area contributed by atoms with Gasteiger partial charge in [0.15, 0.2) is 11.6 Å². The number of rotatable bonds is 1. The fourth-order valence-electron chi connectivity index (χ4n) is 2.14. The third-order valence-corrected chi connectivity index (χ3v) is 3.53. The molecule has 0 atom stereocenters. The molecule has 0 amide bonds. The van der Waals surface area contributed by atoms with Gasteiger partial charge in [-0.05, 0) is 52.7 Å². The van der Waals surface area contributed by atoms with E-state index in [0.29, 0.717) is 22.7 Å². The number of aromatic nitrogens is 2. The van der Waals surface area contributed by atoms with E-state index in [1.807, 2.05) is 13.0 Å². The average Bonchev–Trinajstić information content (AvgIpc) is 2.71. The second-order valence-electron chi connectivity index (χ2n) is 4.51. The molecule has 0 spiro atoms. The van der Waals surface area contributed by atoms with Gasteiger partial charge in [0.1, 0.15) is 17.2 Å². The first-order valence-corrected chi connectivity index (χ1v) is 6.66. The van der Waals surface area contributed by atoms with E-state index in [9.17, 15) is 8.78 Å². The third-order valence-electron chi connectivity index (χ3n) is 3.10. The Morgan fingerprint density at radius 3 is 2.65 bits per heavy atom. The van der Waals surface area contributed by atoms with Crippen LogP contribution in [0.25, 0.3) is 16.9 Å². The Bertz CT molecular complexity index is 827. The maximum atomic E-state index is 13.3. The summed E-state index contributed by atoms with van der Waals surface area (Å²) in [6, 6.07) is 5.53. The molecule has 3 nitrogen and oxygen atoms in total. The first kappa shape index (κ1) is 13.1. The summed E-state index contributed by atoms with van der Waals surface area (Å²) < 4.78 is 28.9. The number of imidazole rings is 1. The summed E-state index contributed by atoms with van der Waals surface area (Å²) >= 11 is 3.39. The molecule has 0 radical (unpaired) electrons. The Kier molecular flexibility index (Phi) is 2.97. The van der Waals surface area contributed by atoms with Crippen LogP contribution < -0.4 is 5.73 Å². The summed E-state index contributed by atoms with van der Waals surface area (Å²) in [6.07, 6.45) is 1.79. The van der Waals surface area contributed by atoms with Crippen LogP contribution in [0.5, 0.6) is 0 Å². The van der Waals surface area contributed by atoms with Gasteiger partial charge >= 0.3 is 0 Å². The van der Waals surface area contributed by atoms with Gasteiger partial charge in [0, 0.05) is 16.2 Å². The Labute approximate surface area is 122 Å². The van der Waals surface area contributed by atoms with Crippen molar-refractivity contribution < 1.29 is 8.78 Å². The van der Waals surface area contributed by atoms with Crippen molar-refractivity contribution in [2.75, 3.05) is 5.73 Å². The van der Waals surface area contributed by atoms with Gasteiger partial charge in [0.2, 0.25) is 0 Å². The molecule has 3 aromatic rings. The number of benzene rings is 1. The van der Waals surface area contributed by atoms with Gasteiger partial charge in [-0.1, -0.05) is 0 Å². The fourth-order valence-corrected chi connectivity index (χ4v) is 2.69. The number of nitrogen functional groups attached to an aromatic ring is 1. The molecule has 2 N–H and O–H groups in total. The average molecular weight is 338 g/mol. The van der Waals surface area contributed by atoms with Crippen molar-refractivity contribution in [1.29, 1.82) is 0 Å². The van der Waals surface area contributed by atoms with Crippen molar-refractivity contribution in [3.8, 4) is 11.3 Å².